The molecule has 3 heterocycles. The van der Waals surface area contributed by atoms with Crippen molar-refractivity contribution in [1.82, 2.24) is 25.1 Å². The van der Waals surface area contributed by atoms with Crippen molar-refractivity contribution in [3.8, 4) is 0 Å². The number of imidazole rings is 1. The molecule has 2 aromatic rings. The third kappa shape index (κ3) is 2.14. The van der Waals surface area contributed by atoms with Gasteiger partial charge in [-0.3, -0.25) is 9.89 Å². The topological polar surface area (TPSA) is 77.7 Å². The first-order chi connectivity index (χ1) is 9.27. The number of carbonyl (C=O) groups is 1. The predicted octanol–water partition coefficient (Wildman–Crippen LogP) is 1.81. The summed E-state index contributed by atoms with van der Waals surface area (Å²) in [5.74, 6) is 0.904. The summed E-state index contributed by atoms with van der Waals surface area (Å²) in [5.41, 5.74) is 1.47. The Hall–Kier alpha value is -2.11. The number of aryl methyl sites for hydroxylation is 1. The Balaban J connectivity index is 1.89. The van der Waals surface area contributed by atoms with Gasteiger partial charge in [0.1, 0.15) is 5.82 Å². The average Bonchev–Trinajstić information content (AvgIpc) is 3.09. The van der Waals surface area contributed by atoms with Crippen LogP contribution in [0, 0.1) is 6.92 Å². The molecule has 0 saturated carbocycles. The van der Waals surface area contributed by atoms with Gasteiger partial charge in [-0.05, 0) is 26.2 Å². The summed E-state index contributed by atoms with van der Waals surface area (Å²) in [5, 5.41) is 6.75. The zero-order valence-electron chi connectivity index (χ0n) is 10.9. The second-order valence-electron chi connectivity index (χ2n) is 4.89. The third-order valence-corrected chi connectivity index (χ3v) is 3.66. The van der Waals surface area contributed by atoms with Gasteiger partial charge < -0.3 is 9.88 Å². The van der Waals surface area contributed by atoms with E-state index in [1.165, 1.54) is 0 Å². The normalized spacial score (nSPS) is 19.6. The number of hydrogen-bond acceptors (Lipinski definition) is 3. The minimum absolute atomic E-state index is 0.0346. The van der Waals surface area contributed by atoms with Gasteiger partial charge in [0.25, 0.3) is 5.91 Å². The molecule has 19 heavy (non-hydrogen) atoms. The van der Waals surface area contributed by atoms with Crippen LogP contribution in [-0.2, 0) is 0 Å². The average molecular weight is 259 g/mol. The van der Waals surface area contributed by atoms with E-state index in [-0.39, 0.29) is 11.9 Å². The molecule has 6 nitrogen and oxygen atoms in total. The molecule has 1 atom stereocenters. The fourth-order valence-corrected chi connectivity index (χ4v) is 2.64. The highest BCUT2D eigenvalue weighted by Gasteiger charge is 2.31. The van der Waals surface area contributed by atoms with Gasteiger partial charge in [0.05, 0.1) is 17.8 Å². The molecule has 1 saturated heterocycles. The zero-order chi connectivity index (χ0) is 13.2. The van der Waals surface area contributed by atoms with Crippen LogP contribution in [0.3, 0.4) is 0 Å². The predicted molar refractivity (Wildman–Crippen MR) is 69.5 cm³/mol. The van der Waals surface area contributed by atoms with E-state index < -0.39 is 0 Å². The molecule has 100 valence electrons. The Kier molecular flexibility index (Phi) is 3.06. The first-order valence-corrected chi connectivity index (χ1v) is 6.57. The highest BCUT2D eigenvalue weighted by atomic mass is 16.2. The van der Waals surface area contributed by atoms with E-state index in [1.807, 2.05) is 11.8 Å². The van der Waals surface area contributed by atoms with E-state index >= 15 is 0 Å². The molecule has 2 aromatic heterocycles. The van der Waals surface area contributed by atoms with Crippen molar-refractivity contribution < 1.29 is 4.79 Å². The van der Waals surface area contributed by atoms with Crippen LogP contribution in [-0.4, -0.2) is 37.5 Å². The Bertz CT molecular complexity index is 559. The smallest absolute Gasteiger partial charge is 0.257 e. The third-order valence-electron chi connectivity index (χ3n) is 3.66. The van der Waals surface area contributed by atoms with Crippen LogP contribution in [0.5, 0.6) is 0 Å². The van der Waals surface area contributed by atoms with Crippen molar-refractivity contribution in [2.45, 2.75) is 32.2 Å². The molecule has 3 rings (SSSR count). The van der Waals surface area contributed by atoms with Crippen LogP contribution < -0.4 is 0 Å². The quantitative estimate of drug-likeness (QED) is 0.863. The van der Waals surface area contributed by atoms with Crippen molar-refractivity contribution in [3.63, 3.8) is 0 Å². The minimum atomic E-state index is 0.0346. The zero-order valence-corrected chi connectivity index (χ0v) is 10.9. The summed E-state index contributed by atoms with van der Waals surface area (Å²) in [7, 11) is 0. The molecule has 0 radical (unpaired) electrons. The molecule has 0 spiro atoms. The van der Waals surface area contributed by atoms with Crippen molar-refractivity contribution >= 4 is 5.91 Å². The lowest BCUT2D eigenvalue weighted by molar-refractivity contribution is 0.0600. The molecule has 0 aliphatic carbocycles. The molecule has 6 heteroatoms. The number of carbonyl (C=O) groups excluding carboxylic acids is 1. The number of nitrogens with one attached hydrogen (secondary N) is 2. The molecule has 1 unspecified atom stereocenters. The fourth-order valence-electron chi connectivity index (χ4n) is 2.64. The largest absolute Gasteiger partial charge is 0.347 e. The van der Waals surface area contributed by atoms with Crippen molar-refractivity contribution in [3.05, 3.63) is 35.7 Å². The first-order valence-electron chi connectivity index (χ1n) is 6.57. The van der Waals surface area contributed by atoms with Gasteiger partial charge >= 0.3 is 0 Å². The lowest BCUT2D eigenvalue weighted by atomic mass is 10.0. The van der Waals surface area contributed by atoms with Crippen molar-refractivity contribution in [2.24, 2.45) is 0 Å². The van der Waals surface area contributed by atoms with Gasteiger partial charge in [-0.2, -0.15) is 5.10 Å². The van der Waals surface area contributed by atoms with Crippen LogP contribution in [0.15, 0.2) is 18.6 Å². The fraction of sp³-hybridized carbons (Fsp3) is 0.462. The molecular formula is C13H17N5O. The maximum Gasteiger partial charge on any atom is 0.257 e. The summed E-state index contributed by atoms with van der Waals surface area (Å²) in [6.45, 7) is 2.64. The number of H-pyrrole nitrogens is 2. The number of hydrogen-bond donors (Lipinski definition) is 2. The summed E-state index contributed by atoms with van der Waals surface area (Å²) in [4.78, 5) is 21.9. The van der Waals surface area contributed by atoms with Gasteiger partial charge in [0.2, 0.25) is 0 Å². The molecule has 0 aromatic carbocycles. The standard InChI is InChI=1S/C13H17N5O/c1-9-10(8-16-17-9)13(19)18-7-3-2-4-11(18)12-14-5-6-15-12/h5-6,8,11H,2-4,7H2,1H3,(H,14,15)(H,16,17). The van der Waals surface area contributed by atoms with Gasteiger partial charge in [0.15, 0.2) is 0 Å². The molecule has 1 aliphatic heterocycles. The number of aromatic nitrogens is 4. The molecular weight excluding hydrogens is 242 g/mol. The van der Waals surface area contributed by atoms with Gasteiger partial charge in [0, 0.05) is 24.6 Å². The summed E-state index contributed by atoms with van der Waals surface area (Å²) in [6.07, 6.45) is 8.26. The van der Waals surface area contributed by atoms with E-state index in [4.69, 9.17) is 0 Å². The van der Waals surface area contributed by atoms with Crippen molar-refractivity contribution in [2.75, 3.05) is 6.54 Å². The number of likely N-dealkylation sites (tertiary alicyclic amines) is 1. The number of aromatic amines is 2. The highest BCUT2D eigenvalue weighted by molar-refractivity contribution is 5.95. The SMILES string of the molecule is Cc1[nH]ncc1C(=O)N1CCCCC1c1ncc[nH]1. The van der Waals surface area contributed by atoms with Crippen molar-refractivity contribution in [1.29, 1.82) is 0 Å². The second-order valence-corrected chi connectivity index (χ2v) is 4.89. The minimum Gasteiger partial charge on any atom is -0.347 e. The van der Waals surface area contributed by atoms with E-state index in [9.17, 15) is 4.79 Å². The molecule has 2 N–H and O–H groups in total. The second kappa shape index (κ2) is 4.87. The number of nitrogens with zero attached hydrogens (tertiary/aromatic N) is 3. The van der Waals surface area contributed by atoms with E-state index in [0.717, 1.165) is 37.3 Å². The van der Waals surface area contributed by atoms with Crippen LogP contribution in [0.25, 0.3) is 0 Å². The summed E-state index contributed by atoms with van der Waals surface area (Å²) < 4.78 is 0. The lowest BCUT2D eigenvalue weighted by Crippen LogP contribution is -2.39. The van der Waals surface area contributed by atoms with E-state index in [0.29, 0.717) is 5.56 Å². The van der Waals surface area contributed by atoms with Gasteiger partial charge in [-0.15, -0.1) is 0 Å². The Morgan fingerprint density at radius 3 is 3.05 bits per heavy atom. The van der Waals surface area contributed by atoms with Crippen LogP contribution in [0.2, 0.25) is 0 Å². The Morgan fingerprint density at radius 1 is 1.47 bits per heavy atom. The van der Waals surface area contributed by atoms with E-state index in [2.05, 4.69) is 20.2 Å². The highest BCUT2D eigenvalue weighted by Crippen LogP contribution is 2.30. The number of amides is 1. The number of piperidine rings is 1. The van der Waals surface area contributed by atoms with Gasteiger partial charge in [-0.1, -0.05) is 0 Å². The summed E-state index contributed by atoms with van der Waals surface area (Å²) in [6, 6.07) is 0.0468. The first kappa shape index (κ1) is 12.0. The molecule has 1 aliphatic rings. The Morgan fingerprint density at radius 2 is 2.37 bits per heavy atom. The molecule has 0 bridgehead atoms. The Labute approximate surface area is 111 Å². The maximum absolute atomic E-state index is 12.6. The van der Waals surface area contributed by atoms with Crippen LogP contribution >= 0.6 is 0 Å². The summed E-state index contributed by atoms with van der Waals surface area (Å²) >= 11 is 0. The van der Waals surface area contributed by atoms with Crippen LogP contribution in [0.1, 0.15) is 47.2 Å². The maximum atomic E-state index is 12.6. The monoisotopic (exact) mass is 259 g/mol. The lowest BCUT2D eigenvalue weighted by Gasteiger charge is -2.34. The van der Waals surface area contributed by atoms with E-state index in [1.54, 1.807) is 18.6 Å². The molecule has 1 fully saturated rings. The number of rotatable bonds is 2. The molecule has 1 amide bonds. The van der Waals surface area contributed by atoms with Crippen LogP contribution in [0.4, 0.5) is 0 Å². The van der Waals surface area contributed by atoms with Gasteiger partial charge in [-0.25, -0.2) is 4.98 Å².